The molecule has 0 saturated carbocycles. The highest BCUT2D eigenvalue weighted by atomic mass is 79.9. The van der Waals surface area contributed by atoms with Gasteiger partial charge in [0.2, 0.25) is 0 Å². The van der Waals surface area contributed by atoms with Gasteiger partial charge in [0.15, 0.2) is 0 Å². The fourth-order valence-electron chi connectivity index (χ4n) is 2.06. The van der Waals surface area contributed by atoms with Gasteiger partial charge in [-0.15, -0.1) is 0 Å². The van der Waals surface area contributed by atoms with Gasteiger partial charge in [0.05, 0.1) is 22.0 Å². The quantitative estimate of drug-likeness (QED) is 0.601. The first-order chi connectivity index (χ1) is 9.65. The minimum Gasteiger partial charge on any atom is -0.464 e. The lowest BCUT2D eigenvalue weighted by Crippen LogP contribution is -2.00. The van der Waals surface area contributed by atoms with Gasteiger partial charge in [-0.3, -0.25) is 0 Å². The Kier molecular flexibility index (Phi) is 3.92. The summed E-state index contributed by atoms with van der Waals surface area (Å²) in [4.78, 5) is 0. The molecule has 1 heterocycles. The normalized spacial score (nSPS) is 10.9. The van der Waals surface area contributed by atoms with Crippen molar-refractivity contribution in [3.05, 3.63) is 62.7 Å². The number of hydrogen-bond donors (Lipinski definition) is 1. The van der Waals surface area contributed by atoms with Gasteiger partial charge >= 0.3 is 0 Å². The molecule has 0 bridgehead atoms. The largest absolute Gasteiger partial charge is 0.464 e. The van der Waals surface area contributed by atoms with Gasteiger partial charge in [0, 0.05) is 22.0 Å². The second kappa shape index (κ2) is 5.68. The standard InChI is InChI=1S/C15H10BrCl2NO/c16-10-5-12(17)15(13(18)6-10)19-7-9-8-20-14-4-2-1-3-11(9)14/h1-6,8,19H,7H2. The average Bonchev–Trinajstić information content (AvgIpc) is 2.81. The van der Waals surface area contributed by atoms with Gasteiger partial charge in [-0.2, -0.15) is 0 Å². The molecule has 0 spiro atoms. The summed E-state index contributed by atoms with van der Waals surface area (Å²) in [6, 6.07) is 11.5. The van der Waals surface area contributed by atoms with E-state index in [-0.39, 0.29) is 0 Å². The van der Waals surface area contributed by atoms with Crippen molar-refractivity contribution in [1.82, 2.24) is 0 Å². The van der Waals surface area contributed by atoms with Crippen LogP contribution in [0.5, 0.6) is 0 Å². The van der Waals surface area contributed by atoms with E-state index in [1.54, 1.807) is 6.26 Å². The monoisotopic (exact) mass is 369 g/mol. The number of benzene rings is 2. The predicted molar refractivity (Wildman–Crippen MR) is 87.7 cm³/mol. The maximum Gasteiger partial charge on any atom is 0.134 e. The molecule has 0 aliphatic rings. The molecule has 3 rings (SSSR count). The summed E-state index contributed by atoms with van der Waals surface area (Å²) in [5, 5.41) is 5.51. The van der Waals surface area contributed by atoms with E-state index in [9.17, 15) is 0 Å². The molecular formula is C15H10BrCl2NO. The third-order valence-corrected chi connectivity index (χ3v) is 4.08. The Bertz CT molecular complexity index is 746. The first-order valence-corrected chi connectivity index (χ1v) is 7.53. The van der Waals surface area contributed by atoms with Gasteiger partial charge in [-0.25, -0.2) is 0 Å². The number of fused-ring (bicyclic) bond motifs is 1. The molecule has 2 nitrogen and oxygen atoms in total. The fourth-order valence-corrected chi connectivity index (χ4v) is 3.41. The van der Waals surface area contributed by atoms with Gasteiger partial charge in [-0.1, -0.05) is 57.3 Å². The highest BCUT2D eigenvalue weighted by Gasteiger charge is 2.09. The van der Waals surface area contributed by atoms with Crippen LogP contribution in [0.2, 0.25) is 10.0 Å². The van der Waals surface area contributed by atoms with E-state index >= 15 is 0 Å². The van der Waals surface area contributed by atoms with Crippen LogP contribution >= 0.6 is 39.1 Å². The molecule has 0 aliphatic carbocycles. The lowest BCUT2D eigenvalue weighted by molar-refractivity contribution is 0.611. The minimum absolute atomic E-state index is 0.581. The van der Waals surface area contributed by atoms with E-state index in [1.807, 2.05) is 36.4 Å². The van der Waals surface area contributed by atoms with E-state index < -0.39 is 0 Å². The molecule has 20 heavy (non-hydrogen) atoms. The number of hydrogen-bond acceptors (Lipinski definition) is 2. The zero-order valence-electron chi connectivity index (χ0n) is 10.3. The Morgan fingerprint density at radius 3 is 2.55 bits per heavy atom. The Labute approximate surface area is 134 Å². The molecule has 102 valence electrons. The third-order valence-electron chi connectivity index (χ3n) is 3.02. The van der Waals surface area contributed by atoms with Crippen LogP contribution in [0.3, 0.4) is 0 Å². The van der Waals surface area contributed by atoms with E-state index in [1.165, 1.54) is 0 Å². The van der Waals surface area contributed by atoms with Gasteiger partial charge in [0.1, 0.15) is 5.58 Å². The number of rotatable bonds is 3. The van der Waals surface area contributed by atoms with Crippen LogP contribution in [0.25, 0.3) is 11.0 Å². The van der Waals surface area contributed by atoms with Crippen molar-refractivity contribution in [3.8, 4) is 0 Å². The number of para-hydroxylation sites is 1. The summed E-state index contributed by atoms with van der Waals surface area (Å²) in [6.45, 7) is 0.595. The zero-order chi connectivity index (χ0) is 14.1. The summed E-state index contributed by atoms with van der Waals surface area (Å²) in [6.07, 6.45) is 1.75. The van der Waals surface area contributed by atoms with Crippen LogP contribution in [0.4, 0.5) is 5.69 Å². The van der Waals surface area contributed by atoms with Gasteiger partial charge < -0.3 is 9.73 Å². The highest BCUT2D eigenvalue weighted by molar-refractivity contribution is 9.10. The minimum atomic E-state index is 0.581. The third kappa shape index (κ3) is 2.66. The van der Waals surface area contributed by atoms with Gasteiger partial charge in [-0.05, 0) is 18.2 Å². The molecule has 5 heteroatoms. The Morgan fingerprint density at radius 2 is 1.80 bits per heavy atom. The molecule has 1 N–H and O–H groups in total. The second-order valence-corrected chi connectivity index (χ2v) is 6.09. The number of furan rings is 1. The molecule has 0 saturated heterocycles. The Morgan fingerprint density at radius 1 is 1.10 bits per heavy atom. The number of halogens is 3. The Hall–Kier alpha value is -1.16. The molecule has 2 aromatic carbocycles. The second-order valence-electron chi connectivity index (χ2n) is 4.36. The summed E-state index contributed by atoms with van der Waals surface area (Å²) < 4.78 is 6.36. The van der Waals surface area contributed by atoms with Gasteiger partial charge in [0.25, 0.3) is 0 Å². The van der Waals surface area contributed by atoms with Crippen molar-refractivity contribution >= 4 is 55.8 Å². The lowest BCUT2D eigenvalue weighted by atomic mass is 10.2. The van der Waals surface area contributed by atoms with Crippen LogP contribution < -0.4 is 5.32 Å². The Balaban J connectivity index is 1.87. The van der Waals surface area contributed by atoms with Crippen LogP contribution in [0, 0.1) is 0 Å². The van der Waals surface area contributed by atoms with Crippen molar-refractivity contribution in [2.75, 3.05) is 5.32 Å². The summed E-state index contributed by atoms with van der Waals surface area (Å²) in [5.74, 6) is 0. The smallest absolute Gasteiger partial charge is 0.134 e. The van der Waals surface area contributed by atoms with Crippen LogP contribution in [0.15, 0.2) is 51.6 Å². The first-order valence-electron chi connectivity index (χ1n) is 5.98. The summed E-state index contributed by atoms with van der Waals surface area (Å²) in [7, 11) is 0. The first kappa shape index (κ1) is 13.8. The van der Waals surface area contributed by atoms with Crippen LogP contribution in [-0.4, -0.2) is 0 Å². The lowest BCUT2D eigenvalue weighted by Gasteiger charge is -2.10. The summed E-state index contributed by atoms with van der Waals surface area (Å²) in [5.41, 5.74) is 2.66. The molecular weight excluding hydrogens is 361 g/mol. The predicted octanol–water partition coefficient (Wildman–Crippen LogP) is 6.11. The maximum atomic E-state index is 6.19. The van der Waals surface area contributed by atoms with Crippen molar-refractivity contribution < 1.29 is 4.42 Å². The fraction of sp³-hybridized carbons (Fsp3) is 0.0667. The van der Waals surface area contributed by atoms with E-state index in [0.29, 0.717) is 16.6 Å². The van der Waals surface area contributed by atoms with Crippen molar-refractivity contribution in [3.63, 3.8) is 0 Å². The molecule has 0 atom stereocenters. The zero-order valence-corrected chi connectivity index (χ0v) is 13.4. The SMILES string of the molecule is Clc1cc(Br)cc(Cl)c1NCc1coc2ccccc12. The molecule has 0 amide bonds. The molecule has 0 fully saturated rings. The van der Waals surface area contributed by atoms with E-state index in [4.69, 9.17) is 27.6 Å². The maximum absolute atomic E-state index is 6.19. The number of nitrogens with one attached hydrogen (secondary N) is 1. The van der Waals surface area contributed by atoms with Crippen molar-refractivity contribution in [2.45, 2.75) is 6.54 Å². The average molecular weight is 371 g/mol. The van der Waals surface area contributed by atoms with E-state index in [2.05, 4.69) is 21.2 Å². The molecule has 0 aliphatic heterocycles. The van der Waals surface area contributed by atoms with Crippen molar-refractivity contribution in [1.29, 1.82) is 0 Å². The topological polar surface area (TPSA) is 25.2 Å². The van der Waals surface area contributed by atoms with Crippen LogP contribution in [0.1, 0.15) is 5.56 Å². The number of anilines is 1. The molecule has 0 radical (unpaired) electrons. The molecule has 0 unspecified atom stereocenters. The van der Waals surface area contributed by atoms with E-state index in [0.717, 1.165) is 26.7 Å². The highest BCUT2D eigenvalue weighted by Crippen LogP contribution is 2.34. The van der Waals surface area contributed by atoms with Crippen LogP contribution in [-0.2, 0) is 6.54 Å². The van der Waals surface area contributed by atoms with Crippen molar-refractivity contribution in [2.24, 2.45) is 0 Å². The summed E-state index contributed by atoms with van der Waals surface area (Å²) >= 11 is 15.7. The molecule has 1 aromatic heterocycles. The molecule has 3 aromatic rings.